The summed E-state index contributed by atoms with van der Waals surface area (Å²) >= 11 is 12.3. The molecule has 214 valence electrons. The predicted molar refractivity (Wildman–Crippen MR) is 154 cm³/mol. The van der Waals surface area contributed by atoms with Crippen molar-refractivity contribution >= 4 is 35.1 Å². The molecule has 1 aromatic carbocycles. The number of carbonyl (C=O) groups excluding carboxylic acids is 1. The Balaban J connectivity index is 1.23. The van der Waals surface area contributed by atoms with Crippen LogP contribution >= 0.6 is 23.2 Å². The third-order valence-corrected chi connectivity index (χ3v) is 7.07. The fourth-order valence-electron chi connectivity index (χ4n) is 4.75. The first-order chi connectivity index (χ1) is 20.4. The number of H-pyrrole nitrogens is 1. The average molecular weight is 608 g/mol. The molecule has 4 aromatic heterocycles. The number of aromatic amines is 1. The van der Waals surface area contributed by atoms with Crippen LogP contribution in [0.25, 0.3) is 28.2 Å². The van der Waals surface area contributed by atoms with Crippen LogP contribution in [0.3, 0.4) is 0 Å². The quantitative estimate of drug-likeness (QED) is 0.245. The van der Waals surface area contributed by atoms with Crippen molar-refractivity contribution in [1.82, 2.24) is 39.5 Å². The van der Waals surface area contributed by atoms with E-state index < -0.39 is 6.09 Å². The molecule has 0 aliphatic carbocycles. The number of halogens is 2. The van der Waals surface area contributed by atoms with Crippen molar-refractivity contribution in [2.24, 2.45) is 0 Å². The first-order valence-corrected chi connectivity index (χ1v) is 13.6. The highest BCUT2D eigenvalue weighted by atomic mass is 35.5. The maximum absolute atomic E-state index is 13.4. The number of imidazole rings is 1. The lowest BCUT2D eigenvalue weighted by atomic mass is 10.1. The Bertz CT molecular complexity index is 1820. The number of pyridine rings is 1. The average Bonchev–Trinajstić information content (AvgIpc) is 3.73. The van der Waals surface area contributed by atoms with Gasteiger partial charge in [0.2, 0.25) is 0 Å². The number of hydrogen-bond donors (Lipinski definition) is 2. The second-order valence-electron chi connectivity index (χ2n) is 9.34. The lowest BCUT2D eigenvalue weighted by molar-refractivity contribution is 0.107. The van der Waals surface area contributed by atoms with E-state index in [1.807, 2.05) is 0 Å². The summed E-state index contributed by atoms with van der Waals surface area (Å²) in [7, 11) is 1.52. The van der Waals surface area contributed by atoms with Gasteiger partial charge in [0.25, 0.3) is 5.56 Å². The number of rotatable bonds is 8. The fourth-order valence-corrected chi connectivity index (χ4v) is 5.05. The minimum atomic E-state index is -0.618. The molecule has 0 saturated heterocycles. The van der Waals surface area contributed by atoms with Crippen LogP contribution in [0.5, 0.6) is 0 Å². The molecule has 1 amide bonds. The summed E-state index contributed by atoms with van der Waals surface area (Å²) in [6, 6.07) is 9.85. The molecule has 0 fully saturated rings. The molecule has 1 aliphatic heterocycles. The van der Waals surface area contributed by atoms with Gasteiger partial charge in [0.05, 0.1) is 42.1 Å². The number of benzene rings is 1. The number of hydrogen-bond acceptors (Lipinski definition) is 9. The number of fused-ring (bicyclic) bond motifs is 1. The van der Waals surface area contributed by atoms with E-state index in [1.54, 1.807) is 53.5 Å². The number of anilines is 1. The minimum absolute atomic E-state index is 0.140. The second-order valence-corrected chi connectivity index (χ2v) is 10.2. The molecule has 0 bridgehead atoms. The van der Waals surface area contributed by atoms with Gasteiger partial charge in [-0.25, -0.2) is 24.4 Å². The molecular weight excluding hydrogens is 585 g/mol. The SMILES string of the molecule is COCCOC(=O)Nc1ccc(-c2cnc([C@@H]3CCc4nc(-c5cc(Cl)ccc5-n5cc(Cl)nn5)cc(=O)n43)[nH]2)cn1. The Labute approximate surface area is 248 Å². The molecule has 1 aliphatic rings. The summed E-state index contributed by atoms with van der Waals surface area (Å²) in [5, 5.41) is 11.2. The minimum Gasteiger partial charge on any atom is -0.447 e. The monoisotopic (exact) mass is 607 g/mol. The van der Waals surface area contributed by atoms with Gasteiger partial charge < -0.3 is 14.5 Å². The number of ether oxygens (including phenoxy) is 2. The van der Waals surface area contributed by atoms with Crippen molar-refractivity contribution in [2.45, 2.75) is 18.9 Å². The molecule has 0 spiro atoms. The van der Waals surface area contributed by atoms with Crippen LogP contribution in [0.4, 0.5) is 10.6 Å². The van der Waals surface area contributed by atoms with Gasteiger partial charge in [0, 0.05) is 41.9 Å². The van der Waals surface area contributed by atoms with E-state index in [0.29, 0.717) is 64.6 Å². The summed E-state index contributed by atoms with van der Waals surface area (Å²) in [4.78, 5) is 42.2. The normalized spacial score (nSPS) is 14.1. The van der Waals surface area contributed by atoms with Crippen molar-refractivity contribution in [3.05, 3.63) is 87.2 Å². The zero-order chi connectivity index (χ0) is 29.2. The third kappa shape index (κ3) is 5.62. The highest BCUT2D eigenvalue weighted by Crippen LogP contribution is 2.33. The molecule has 5 aromatic rings. The van der Waals surface area contributed by atoms with Crippen molar-refractivity contribution in [1.29, 1.82) is 0 Å². The Kier molecular flexibility index (Phi) is 7.69. The highest BCUT2D eigenvalue weighted by Gasteiger charge is 2.29. The summed E-state index contributed by atoms with van der Waals surface area (Å²) in [6.45, 7) is 0.445. The number of nitrogens with one attached hydrogen (secondary N) is 2. The number of amides is 1. The number of carbonyl (C=O) groups is 1. The second kappa shape index (κ2) is 11.7. The van der Waals surface area contributed by atoms with E-state index in [-0.39, 0.29) is 23.4 Å². The fraction of sp³-hybridized carbons (Fsp3) is 0.222. The molecule has 0 radical (unpaired) electrons. The molecule has 2 N–H and O–H groups in total. The van der Waals surface area contributed by atoms with Crippen molar-refractivity contribution in [2.75, 3.05) is 25.6 Å². The number of methoxy groups -OCH3 is 1. The first kappa shape index (κ1) is 27.6. The van der Waals surface area contributed by atoms with Crippen molar-refractivity contribution < 1.29 is 14.3 Å². The maximum atomic E-state index is 13.4. The van der Waals surface area contributed by atoms with Crippen molar-refractivity contribution in [3.63, 3.8) is 0 Å². The summed E-state index contributed by atoms with van der Waals surface area (Å²) < 4.78 is 13.0. The van der Waals surface area contributed by atoms with Gasteiger partial charge in [-0.15, -0.1) is 5.10 Å². The van der Waals surface area contributed by atoms with Gasteiger partial charge in [0.15, 0.2) is 5.15 Å². The van der Waals surface area contributed by atoms with Gasteiger partial charge in [-0.3, -0.25) is 14.7 Å². The third-order valence-electron chi connectivity index (χ3n) is 6.66. The lowest BCUT2D eigenvalue weighted by Gasteiger charge is -2.14. The molecule has 42 heavy (non-hydrogen) atoms. The van der Waals surface area contributed by atoms with Crippen LogP contribution in [0.1, 0.15) is 24.1 Å². The molecule has 6 rings (SSSR count). The lowest BCUT2D eigenvalue weighted by Crippen LogP contribution is -2.25. The first-order valence-electron chi connectivity index (χ1n) is 12.8. The summed E-state index contributed by atoms with van der Waals surface area (Å²) in [5.41, 5.74) is 2.99. The molecule has 0 unspecified atom stereocenters. The molecule has 13 nitrogen and oxygen atoms in total. The maximum Gasteiger partial charge on any atom is 0.412 e. The number of nitrogens with zero attached hydrogens (tertiary/aromatic N) is 7. The van der Waals surface area contributed by atoms with Crippen LogP contribution < -0.4 is 10.9 Å². The van der Waals surface area contributed by atoms with E-state index in [4.69, 9.17) is 37.7 Å². The number of aryl methyl sites for hydroxylation is 1. The van der Waals surface area contributed by atoms with Gasteiger partial charge in [-0.05, 0) is 36.8 Å². The molecular formula is C27H23Cl2N9O4. The summed E-state index contributed by atoms with van der Waals surface area (Å²) in [5.74, 6) is 1.61. The van der Waals surface area contributed by atoms with E-state index in [9.17, 15) is 9.59 Å². The van der Waals surface area contributed by atoms with Crippen LogP contribution in [0.2, 0.25) is 10.2 Å². The standard InChI is InChI=1S/C27H23Cl2N9O4/c1-41-8-9-42-27(40)34-23-6-2-15(12-30-23)19-13-31-26(33-19)21-5-7-24-32-18(11-25(39)38(21)24)17-10-16(28)3-4-20(17)37-14-22(29)35-36-37/h2-4,6,10-14,21H,5,7-9H2,1H3,(H,31,33)(H,30,34,40)/t21-/m0/s1. The van der Waals surface area contributed by atoms with Gasteiger partial charge >= 0.3 is 6.09 Å². The van der Waals surface area contributed by atoms with Gasteiger partial charge in [-0.2, -0.15) is 0 Å². The van der Waals surface area contributed by atoms with Crippen LogP contribution in [-0.4, -0.2) is 65.9 Å². The van der Waals surface area contributed by atoms with E-state index in [0.717, 1.165) is 5.56 Å². The van der Waals surface area contributed by atoms with E-state index in [1.165, 1.54) is 17.9 Å². The summed E-state index contributed by atoms with van der Waals surface area (Å²) in [6.07, 6.45) is 5.47. The van der Waals surface area contributed by atoms with Gasteiger partial charge in [0.1, 0.15) is 24.1 Å². The Hall–Kier alpha value is -4.59. The molecule has 1 atom stereocenters. The predicted octanol–water partition coefficient (Wildman–Crippen LogP) is 4.31. The van der Waals surface area contributed by atoms with Crippen LogP contribution in [0.15, 0.2) is 59.8 Å². The Morgan fingerprint density at radius 1 is 1.14 bits per heavy atom. The molecule has 5 heterocycles. The van der Waals surface area contributed by atoms with E-state index in [2.05, 4.69) is 30.6 Å². The van der Waals surface area contributed by atoms with E-state index >= 15 is 0 Å². The molecule has 15 heteroatoms. The topological polar surface area (TPSA) is 155 Å². The Morgan fingerprint density at radius 2 is 2.02 bits per heavy atom. The van der Waals surface area contributed by atoms with Crippen LogP contribution in [-0.2, 0) is 15.9 Å². The zero-order valence-corrected chi connectivity index (χ0v) is 23.6. The Morgan fingerprint density at radius 3 is 2.79 bits per heavy atom. The van der Waals surface area contributed by atoms with Gasteiger partial charge in [-0.1, -0.05) is 28.4 Å². The zero-order valence-electron chi connectivity index (χ0n) is 22.1. The highest BCUT2D eigenvalue weighted by molar-refractivity contribution is 6.31. The largest absolute Gasteiger partial charge is 0.447 e. The number of aromatic nitrogens is 8. The van der Waals surface area contributed by atoms with Crippen molar-refractivity contribution in [3.8, 4) is 28.2 Å². The molecule has 0 saturated carbocycles. The van der Waals surface area contributed by atoms with Crippen LogP contribution in [0, 0.1) is 0 Å². The smallest absolute Gasteiger partial charge is 0.412 e.